The van der Waals surface area contributed by atoms with Gasteiger partial charge < -0.3 is 15.4 Å². The molecule has 0 aromatic carbocycles. The number of carboxylic acids is 1. The SMILES string of the molecule is Cc1ccc(C(=O)NC2CC(N(CC(=O)O)CC3CC3)C2)c(=O)[nH]1. The largest absolute Gasteiger partial charge is 0.480 e. The number of hydrogen-bond donors (Lipinski definition) is 3. The predicted molar refractivity (Wildman–Crippen MR) is 88.0 cm³/mol. The minimum atomic E-state index is -0.811. The number of aromatic amines is 1. The molecule has 1 amide bonds. The highest BCUT2D eigenvalue weighted by Crippen LogP contribution is 2.33. The summed E-state index contributed by atoms with van der Waals surface area (Å²) in [6, 6.07) is 3.43. The number of rotatable bonds is 7. The van der Waals surface area contributed by atoms with Crippen molar-refractivity contribution < 1.29 is 14.7 Å². The lowest BCUT2D eigenvalue weighted by Crippen LogP contribution is -2.55. The number of H-pyrrole nitrogens is 1. The third-order valence-electron chi connectivity index (χ3n) is 4.79. The first kappa shape index (κ1) is 16.7. The molecule has 0 unspecified atom stereocenters. The van der Waals surface area contributed by atoms with Crippen molar-refractivity contribution in [2.45, 2.75) is 44.7 Å². The Labute approximate surface area is 140 Å². The fraction of sp³-hybridized carbons (Fsp3) is 0.588. The van der Waals surface area contributed by atoms with Crippen molar-refractivity contribution in [3.05, 3.63) is 33.7 Å². The van der Waals surface area contributed by atoms with Crippen LogP contribution in [-0.4, -0.2) is 52.0 Å². The van der Waals surface area contributed by atoms with Crippen molar-refractivity contribution in [2.75, 3.05) is 13.1 Å². The molecule has 1 aromatic rings. The van der Waals surface area contributed by atoms with Crippen LogP contribution in [0.1, 0.15) is 41.7 Å². The highest BCUT2D eigenvalue weighted by molar-refractivity contribution is 5.94. The maximum atomic E-state index is 12.2. The Bertz CT molecular complexity index is 689. The van der Waals surface area contributed by atoms with Crippen LogP contribution in [-0.2, 0) is 4.79 Å². The van der Waals surface area contributed by atoms with Crippen LogP contribution < -0.4 is 10.9 Å². The fourth-order valence-electron chi connectivity index (χ4n) is 3.17. The minimum absolute atomic E-state index is 0.00120. The summed E-state index contributed by atoms with van der Waals surface area (Å²) in [4.78, 5) is 39.6. The summed E-state index contributed by atoms with van der Waals surface area (Å²) in [6.45, 7) is 2.64. The van der Waals surface area contributed by atoms with Crippen LogP contribution in [0.15, 0.2) is 16.9 Å². The molecule has 0 aliphatic heterocycles. The fourth-order valence-corrected chi connectivity index (χ4v) is 3.17. The lowest BCUT2D eigenvalue weighted by molar-refractivity contribution is -0.139. The van der Waals surface area contributed by atoms with Gasteiger partial charge in [0.05, 0.1) is 6.54 Å². The molecule has 2 fully saturated rings. The molecule has 3 N–H and O–H groups in total. The Morgan fingerprint density at radius 1 is 1.33 bits per heavy atom. The van der Waals surface area contributed by atoms with E-state index in [1.807, 2.05) is 4.90 Å². The molecule has 130 valence electrons. The summed E-state index contributed by atoms with van der Waals surface area (Å²) in [5.41, 5.74) is 0.443. The van der Waals surface area contributed by atoms with Crippen LogP contribution in [0, 0.1) is 12.8 Å². The summed E-state index contributed by atoms with van der Waals surface area (Å²) in [7, 11) is 0. The Hall–Kier alpha value is -2.15. The predicted octanol–water partition coefficient (Wildman–Crippen LogP) is 0.741. The molecular weight excluding hydrogens is 310 g/mol. The van der Waals surface area contributed by atoms with Gasteiger partial charge in [-0.3, -0.25) is 19.3 Å². The first-order valence-electron chi connectivity index (χ1n) is 8.39. The number of carbonyl (C=O) groups is 2. The van der Waals surface area contributed by atoms with Gasteiger partial charge in [0.15, 0.2) is 0 Å². The monoisotopic (exact) mass is 333 g/mol. The van der Waals surface area contributed by atoms with Crippen LogP contribution in [0.4, 0.5) is 0 Å². The van der Waals surface area contributed by atoms with Crippen molar-refractivity contribution >= 4 is 11.9 Å². The van der Waals surface area contributed by atoms with Crippen LogP contribution in [0.2, 0.25) is 0 Å². The van der Waals surface area contributed by atoms with Gasteiger partial charge in [0.25, 0.3) is 11.5 Å². The quantitative estimate of drug-likeness (QED) is 0.683. The van der Waals surface area contributed by atoms with E-state index in [0.29, 0.717) is 11.6 Å². The third-order valence-corrected chi connectivity index (χ3v) is 4.79. The van der Waals surface area contributed by atoms with Gasteiger partial charge in [-0.2, -0.15) is 0 Å². The Kier molecular flexibility index (Phi) is 4.71. The Balaban J connectivity index is 1.52. The van der Waals surface area contributed by atoms with Crippen molar-refractivity contribution in [3.8, 4) is 0 Å². The second-order valence-corrected chi connectivity index (χ2v) is 6.95. The van der Waals surface area contributed by atoms with Gasteiger partial charge in [-0.15, -0.1) is 0 Å². The van der Waals surface area contributed by atoms with Crippen molar-refractivity contribution in [3.63, 3.8) is 0 Å². The van der Waals surface area contributed by atoms with E-state index in [0.717, 1.165) is 19.4 Å². The highest BCUT2D eigenvalue weighted by Gasteiger charge is 2.37. The van der Waals surface area contributed by atoms with Gasteiger partial charge in [-0.05, 0) is 50.7 Å². The summed E-state index contributed by atoms with van der Waals surface area (Å²) in [6.07, 6.45) is 3.82. The highest BCUT2D eigenvalue weighted by atomic mass is 16.4. The average molecular weight is 333 g/mol. The van der Waals surface area contributed by atoms with E-state index >= 15 is 0 Å². The molecule has 0 bridgehead atoms. The molecule has 2 saturated carbocycles. The summed E-state index contributed by atoms with van der Waals surface area (Å²) in [5, 5.41) is 11.9. The maximum absolute atomic E-state index is 12.2. The molecule has 24 heavy (non-hydrogen) atoms. The number of carbonyl (C=O) groups excluding carboxylic acids is 1. The second-order valence-electron chi connectivity index (χ2n) is 6.95. The standard InChI is InChI=1S/C17H23N3O4/c1-10-2-5-14(16(23)18-10)17(24)19-12-6-13(7-12)20(9-15(21)22)8-11-3-4-11/h2,5,11-13H,3-4,6-9H2,1H3,(H,18,23)(H,19,24)(H,21,22). The lowest BCUT2D eigenvalue weighted by atomic mass is 9.85. The molecule has 1 aromatic heterocycles. The van der Waals surface area contributed by atoms with Gasteiger partial charge >= 0.3 is 5.97 Å². The molecule has 0 atom stereocenters. The van der Waals surface area contributed by atoms with E-state index < -0.39 is 5.97 Å². The zero-order valence-corrected chi connectivity index (χ0v) is 13.7. The van der Waals surface area contributed by atoms with Crippen molar-refractivity contribution in [1.29, 1.82) is 0 Å². The normalized spacial score (nSPS) is 22.9. The first-order chi connectivity index (χ1) is 11.4. The summed E-state index contributed by atoms with van der Waals surface area (Å²) < 4.78 is 0. The van der Waals surface area contributed by atoms with E-state index in [1.54, 1.807) is 13.0 Å². The molecule has 0 spiro atoms. The van der Waals surface area contributed by atoms with Crippen LogP contribution in [0.3, 0.4) is 0 Å². The molecule has 7 heteroatoms. The third kappa shape index (κ3) is 4.03. The number of nitrogens with one attached hydrogen (secondary N) is 2. The van der Waals surface area contributed by atoms with Gasteiger partial charge in [0.1, 0.15) is 5.56 Å². The van der Waals surface area contributed by atoms with Crippen molar-refractivity contribution in [1.82, 2.24) is 15.2 Å². The number of pyridine rings is 1. The molecular formula is C17H23N3O4. The number of aryl methyl sites for hydroxylation is 1. The number of aromatic nitrogens is 1. The lowest BCUT2D eigenvalue weighted by Gasteiger charge is -2.42. The Morgan fingerprint density at radius 3 is 2.62 bits per heavy atom. The minimum Gasteiger partial charge on any atom is -0.480 e. The van der Waals surface area contributed by atoms with E-state index in [-0.39, 0.29) is 35.7 Å². The van der Waals surface area contributed by atoms with Crippen LogP contribution in [0.5, 0.6) is 0 Å². The zero-order chi connectivity index (χ0) is 17.3. The number of nitrogens with zero attached hydrogens (tertiary/aromatic N) is 1. The molecule has 0 saturated heterocycles. The number of hydrogen-bond acceptors (Lipinski definition) is 4. The average Bonchev–Trinajstić information content (AvgIpc) is 3.24. The first-order valence-corrected chi connectivity index (χ1v) is 8.39. The number of carboxylic acid groups (broad SMARTS) is 1. The van der Waals surface area contributed by atoms with Crippen LogP contribution in [0.25, 0.3) is 0 Å². The topological polar surface area (TPSA) is 102 Å². The van der Waals surface area contributed by atoms with Gasteiger partial charge in [0.2, 0.25) is 0 Å². The molecule has 2 aliphatic rings. The van der Waals surface area contributed by atoms with Gasteiger partial charge in [-0.25, -0.2) is 0 Å². The second kappa shape index (κ2) is 6.76. The van der Waals surface area contributed by atoms with E-state index in [1.165, 1.54) is 18.9 Å². The van der Waals surface area contributed by atoms with E-state index in [2.05, 4.69) is 10.3 Å². The molecule has 7 nitrogen and oxygen atoms in total. The molecule has 1 heterocycles. The maximum Gasteiger partial charge on any atom is 0.317 e. The molecule has 3 rings (SSSR count). The van der Waals surface area contributed by atoms with Crippen LogP contribution >= 0.6 is 0 Å². The zero-order valence-electron chi connectivity index (χ0n) is 13.7. The number of amides is 1. The van der Waals surface area contributed by atoms with Gasteiger partial charge in [-0.1, -0.05) is 0 Å². The van der Waals surface area contributed by atoms with Crippen molar-refractivity contribution in [2.24, 2.45) is 5.92 Å². The summed E-state index contributed by atoms with van der Waals surface area (Å²) in [5.74, 6) is -0.551. The Morgan fingerprint density at radius 2 is 2.04 bits per heavy atom. The smallest absolute Gasteiger partial charge is 0.317 e. The molecule has 2 aliphatic carbocycles. The van der Waals surface area contributed by atoms with E-state index in [9.17, 15) is 14.4 Å². The summed E-state index contributed by atoms with van der Waals surface area (Å²) >= 11 is 0. The number of aliphatic carboxylic acids is 1. The van der Waals surface area contributed by atoms with Gasteiger partial charge in [0, 0.05) is 24.3 Å². The van der Waals surface area contributed by atoms with E-state index in [4.69, 9.17) is 5.11 Å². The molecule has 0 radical (unpaired) electrons.